The Morgan fingerprint density at radius 1 is 1.50 bits per heavy atom. The summed E-state index contributed by atoms with van der Waals surface area (Å²) < 4.78 is 34.8. The molecule has 1 N–H and O–H groups in total. The van der Waals surface area contributed by atoms with E-state index in [2.05, 4.69) is 4.72 Å². The zero-order chi connectivity index (χ0) is 13.3. The van der Waals surface area contributed by atoms with E-state index in [0.717, 1.165) is 5.56 Å². The van der Waals surface area contributed by atoms with Gasteiger partial charge in [-0.15, -0.1) is 0 Å². The van der Waals surface area contributed by atoms with Crippen molar-refractivity contribution in [3.63, 3.8) is 0 Å². The van der Waals surface area contributed by atoms with Gasteiger partial charge in [0.1, 0.15) is 5.75 Å². The van der Waals surface area contributed by atoms with E-state index in [0.29, 0.717) is 5.56 Å². The monoisotopic (exact) mass is 271 g/mol. The van der Waals surface area contributed by atoms with Crippen LogP contribution < -0.4 is 8.91 Å². The first kappa shape index (κ1) is 12.8. The molecule has 0 aromatic heterocycles. The van der Waals surface area contributed by atoms with Crippen LogP contribution in [0, 0.1) is 6.92 Å². The van der Waals surface area contributed by atoms with Gasteiger partial charge in [0.2, 0.25) is 0 Å². The fourth-order valence-electron chi connectivity index (χ4n) is 1.70. The molecule has 0 radical (unpaired) electrons. The van der Waals surface area contributed by atoms with Crippen LogP contribution in [0.1, 0.15) is 24.1 Å². The molecule has 0 amide bonds. The van der Waals surface area contributed by atoms with Gasteiger partial charge in [-0.1, -0.05) is 12.1 Å². The smallest absolute Gasteiger partial charge is 0.383 e. The van der Waals surface area contributed by atoms with Crippen molar-refractivity contribution in [1.29, 1.82) is 0 Å². The SMILES string of the molecule is CCOC(=O)[C@@H]1NS(=O)(=O)Oc2cc(C)ccc21. The summed E-state index contributed by atoms with van der Waals surface area (Å²) in [5, 5.41) is 0. The highest BCUT2D eigenvalue weighted by molar-refractivity contribution is 7.85. The minimum absolute atomic E-state index is 0.159. The van der Waals surface area contributed by atoms with Gasteiger partial charge in [-0.2, -0.15) is 13.1 Å². The van der Waals surface area contributed by atoms with Gasteiger partial charge >= 0.3 is 16.3 Å². The first-order valence-corrected chi connectivity index (χ1v) is 6.82. The lowest BCUT2D eigenvalue weighted by molar-refractivity contribution is -0.145. The van der Waals surface area contributed by atoms with Crippen LogP contribution in [0.15, 0.2) is 18.2 Å². The Bertz CT molecular complexity index is 581. The molecule has 1 aromatic rings. The van der Waals surface area contributed by atoms with E-state index in [4.69, 9.17) is 8.92 Å². The number of hydrogen-bond donors (Lipinski definition) is 1. The Kier molecular flexibility index (Phi) is 3.27. The summed E-state index contributed by atoms with van der Waals surface area (Å²) in [7, 11) is -3.98. The largest absolute Gasteiger partial charge is 0.465 e. The first-order chi connectivity index (χ1) is 8.43. The summed E-state index contributed by atoms with van der Waals surface area (Å²) in [5.74, 6) is -0.485. The summed E-state index contributed by atoms with van der Waals surface area (Å²) in [4.78, 5) is 11.7. The van der Waals surface area contributed by atoms with Crippen LogP contribution in [-0.4, -0.2) is 21.0 Å². The van der Waals surface area contributed by atoms with Gasteiger partial charge in [-0.25, -0.2) is 4.79 Å². The molecule has 0 spiro atoms. The van der Waals surface area contributed by atoms with Crippen LogP contribution >= 0.6 is 0 Å². The second-order valence-electron chi connectivity index (χ2n) is 3.88. The summed E-state index contributed by atoms with van der Waals surface area (Å²) in [6, 6.07) is 3.93. The van der Waals surface area contributed by atoms with Gasteiger partial charge in [-0.05, 0) is 25.5 Å². The van der Waals surface area contributed by atoms with Gasteiger partial charge in [0.05, 0.1) is 6.61 Å². The molecule has 1 aromatic carbocycles. The molecule has 98 valence electrons. The Morgan fingerprint density at radius 2 is 2.22 bits per heavy atom. The first-order valence-electron chi connectivity index (χ1n) is 5.42. The van der Waals surface area contributed by atoms with Crippen molar-refractivity contribution in [3.05, 3.63) is 29.3 Å². The molecule has 18 heavy (non-hydrogen) atoms. The normalized spacial score (nSPS) is 20.7. The second-order valence-corrected chi connectivity index (χ2v) is 5.19. The third-order valence-corrected chi connectivity index (χ3v) is 3.39. The standard InChI is InChI=1S/C11H13NO5S/c1-3-16-11(13)10-8-5-4-7(2)6-9(8)17-18(14,15)12-10/h4-6,10,12H,3H2,1-2H3/t10-/m1/s1. The number of esters is 1. The molecular formula is C11H13NO5S. The topological polar surface area (TPSA) is 81.7 Å². The van der Waals surface area contributed by atoms with Gasteiger partial charge < -0.3 is 8.92 Å². The van der Waals surface area contributed by atoms with E-state index in [1.54, 1.807) is 32.0 Å². The van der Waals surface area contributed by atoms with Gasteiger partial charge in [0, 0.05) is 5.56 Å². The molecule has 0 saturated heterocycles. The molecular weight excluding hydrogens is 258 g/mol. The minimum Gasteiger partial charge on any atom is -0.465 e. The van der Waals surface area contributed by atoms with Crippen LogP contribution in [0.5, 0.6) is 5.75 Å². The number of carbonyl (C=O) groups is 1. The van der Waals surface area contributed by atoms with Gasteiger partial charge in [0.15, 0.2) is 6.04 Å². The number of fused-ring (bicyclic) bond motifs is 1. The quantitative estimate of drug-likeness (QED) is 0.805. The average Bonchev–Trinajstić information content (AvgIpc) is 2.26. The molecule has 1 heterocycles. The molecule has 1 aliphatic heterocycles. The maximum atomic E-state index is 11.7. The third kappa shape index (κ3) is 2.46. The highest BCUT2D eigenvalue weighted by Gasteiger charge is 2.36. The van der Waals surface area contributed by atoms with Crippen molar-refractivity contribution in [2.24, 2.45) is 0 Å². The van der Waals surface area contributed by atoms with Crippen LogP contribution in [0.25, 0.3) is 0 Å². The lowest BCUT2D eigenvalue weighted by atomic mass is 10.0. The minimum atomic E-state index is -3.98. The molecule has 0 aliphatic carbocycles. The number of benzene rings is 1. The Balaban J connectivity index is 2.47. The maximum absolute atomic E-state index is 11.7. The fourth-order valence-corrected chi connectivity index (χ4v) is 2.64. The summed E-state index contributed by atoms with van der Waals surface area (Å²) in [5.41, 5.74) is 1.29. The number of carbonyl (C=O) groups excluding carboxylic acids is 1. The molecule has 1 aliphatic rings. The maximum Gasteiger partial charge on any atom is 0.383 e. The van der Waals surface area contributed by atoms with Crippen molar-refractivity contribution >= 4 is 16.3 Å². The number of rotatable bonds is 2. The van der Waals surface area contributed by atoms with Crippen LogP contribution in [-0.2, 0) is 19.8 Å². The molecule has 0 fully saturated rings. The third-order valence-electron chi connectivity index (χ3n) is 2.46. The summed E-state index contributed by atoms with van der Waals surface area (Å²) in [6.45, 7) is 3.64. The molecule has 6 nitrogen and oxygen atoms in total. The molecule has 0 saturated carbocycles. The van der Waals surface area contributed by atoms with E-state index in [9.17, 15) is 13.2 Å². The van der Waals surface area contributed by atoms with Crippen LogP contribution in [0.3, 0.4) is 0 Å². The highest BCUT2D eigenvalue weighted by atomic mass is 32.2. The van der Waals surface area contributed by atoms with Crippen molar-refractivity contribution in [2.75, 3.05) is 6.61 Å². The van der Waals surface area contributed by atoms with E-state index >= 15 is 0 Å². The van der Waals surface area contributed by atoms with E-state index in [1.165, 1.54) is 0 Å². The predicted octanol–water partition coefficient (Wildman–Crippen LogP) is 0.826. The fraction of sp³-hybridized carbons (Fsp3) is 0.364. The van der Waals surface area contributed by atoms with Crippen LogP contribution in [0.4, 0.5) is 0 Å². The zero-order valence-electron chi connectivity index (χ0n) is 9.97. The predicted molar refractivity (Wildman–Crippen MR) is 63.2 cm³/mol. The van der Waals surface area contributed by atoms with Gasteiger partial charge in [-0.3, -0.25) is 0 Å². The number of ether oxygens (including phenoxy) is 1. The van der Waals surface area contributed by atoms with Crippen molar-refractivity contribution < 1.29 is 22.1 Å². The number of aryl methyl sites for hydroxylation is 1. The Labute approximate surface area is 105 Å². The van der Waals surface area contributed by atoms with E-state index < -0.39 is 22.3 Å². The molecule has 2 rings (SSSR count). The van der Waals surface area contributed by atoms with Crippen molar-refractivity contribution in [1.82, 2.24) is 4.72 Å². The Morgan fingerprint density at radius 3 is 2.89 bits per heavy atom. The molecule has 0 unspecified atom stereocenters. The van der Waals surface area contributed by atoms with Crippen molar-refractivity contribution in [3.8, 4) is 5.75 Å². The lowest BCUT2D eigenvalue weighted by Gasteiger charge is -2.24. The zero-order valence-corrected chi connectivity index (χ0v) is 10.8. The van der Waals surface area contributed by atoms with Gasteiger partial charge in [0.25, 0.3) is 0 Å². The molecule has 7 heteroatoms. The number of hydrogen-bond acceptors (Lipinski definition) is 5. The second kappa shape index (κ2) is 4.58. The van der Waals surface area contributed by atoms with E-state index in [-0.39, 0.29) is 12.4 Å². The summed E-state index contributed by atoms with van der Waals surface area (Å²) >= 11 is 0. The number of nitrogens with one attached hydrogen (secondary N) is 1. The lowest BCUT2D eigenvalue weighted by Crippen LogP contribution is -2.41. The highest BCUT2D eigenvalue weighted by Crippen LogP contribution is 2.32. The van der Waals surface area contributed by atoms with Crippen molar-refractivity contribution in [2.45, 2.75) is 19.9 Å². The average molecular weight is 271 g/mol. The molecule has 0 bridgehead atoms. The molecule has 1 atom stereocenters. The summed E-state index contributed by atoms with van der Waals surface area (Å²) in [6.07, 6.45) is 0. The van der Waals surface area contributed by atoms with E-state index in [1.807, 2.05) is 0 Å². The van der Waals surface area contributed by atoms with Crippen LogP contribution in [0.2, 0.25) is 0 Å². The Hall–Kier alpha value is -1.60.